The number of likely N-dealkylation sites (tertiary alicyclic amines) is 1. The van der Waals surface area contributed by atoms with Crippen molar-refractivity contribution >= 4 is 28.6 Å². The molecular weight excluding hydrogens is 362 g/mol. The van der Waals surface area contributed by atoms with Gasteiger partial charge in [0.25, 0.3) is 0 Å². The largest absolute Gasteiger partial charge is 0.335 e. The van der Waals surface area contributed by atoms with E-state index in [1.54, 1.807) is 29.6 Å². The van der Waals surface area contributed by atoms with Crippen LogP contribution in [0.15, 0.2) is 28.3 Å². The summed E-state index contributed by atoms with van der Waals surface area (Å²) in [7, 11) is 0. The monoisotopic (exact) mass is 385 g/mol. The minimum atomic E-state index is 0.197. The third kappa shape index (κ3) is 3.57. The van der Waals surface area contributed by atoms with E-state index in [2.05, 4.69) is 32.7 Å². The first-order chi connectivity index (χ1) is 12.6. The number of thiophene rings is 2. The molecule has 1 aliphatic heterocycles. The number of carbonyl (C=O) groups is 1. The number of piperidine rings is 1. The maximum absolute atomic E-state index is 12.2. The van der Waals surface area contributed by atoms with Crippen molar-refractivity contribution in [3.05, 3.63) is 44.3 Å². The molecule has 1 atom stereocenters. The van der Waals surface area contributed by atoms with E-state index in [1.807, 2.05) is 11.4 Å². The number of nitrogens with zero attached hydrogens (tertiary/aromatic N) is 3. The Hall–Kier alpha value is -1.68. The van der Waals surface area contributed by atoms with E-state index < -0.39 is 0 Å². The van der Waals surface area contributed by atoms with Crippen LogP contribution in [0.1, 0.15) is 42.2 Å². The number of hydrogen-bond donors (Lipinski definition) is 0. The van der Waals surface area contributed by atoms with Crippen LogP contribution in [0, 0.1) is 16.7 Å². The van der Waals surface area contributed by atoms with Crippen LogP contribution in [0.2, 0.25) is 0 Å². The Bertz CT molecular complexity index is 812. The van der Waals surface area contributed by atoms with Crippen LogP contribution in [0.5, 0.6) is 0 Å². The summed E-state index contributed by atoms with van der Waals surface area (Å²) in [5.74, 6) is 0.197. The predicted molar refractivity (Wildman–Crippen MR) is 105 cm³/mol. The Labute approximate surface area is 162 Å². The van der Waals surface area contributed by atoms with Crippen molar-refractivity contribution in [2.24, 2.45) is 5.41 Å². The van der Waals surface area contributed by atoms with Gasteiger partial charge in [0, 0.05) is 36.3 Å². The van der Waals surface area contributed by atoms with E-state index in [1.165, 1.54) is 23.3 Å². The summed E-state index contributed by atoms with van der Waals surface area (Å²) in [6.07, 6.45) is 3.49. The molecule has 2 aliphatic rings. The highest BCUT2D eigenvalue weighted by Gasteiger charge is 2.58. The second-order valence-corrected chi connectivity index (χ2v) is 9.33. The normalized spacial score (nSPS) is 21.5. The van der Waals surface area contributed by atoms with E-state index >= 15 is 0 Å². The molecule has 2 aromatic rings. The molecule has 0 N–H and O–H groups in total. The van der Waals surface area contributed by atoms with Crippen LogP contribution in [-0.4, -0.2) is 34.8 Å². The van der Waals surface area contributed by atoms with Crippen LogP contribution >= 0.6 is 22.7 Å². The molecule has 0 radical (unpaired) electrons. The first kappa shape index (κ1) is 17.7. The fourth-order valence-corrected chi connectivity index (χ4v) is 5.73. The third-order valence-corrected chi connectivity index (χ3v) is 7.53. The molecule has 1 amide bonds. The van der Waals surface area contributed by atoms with Crippen molar-refractivity contribution in [1.29, 1.82) is 5.26 Å². The second-order valence-electron chi connectivity index (χ2n) is 7.55. The summed E-state index contributed by atoms with van der Waals surface area (Å²) in [5.41, 5.74) is 2.35. The van der Waals surface area contributed by atoms with Crippen LogP contribution in [0.25, 0.3) is 0 Å². The molecule has 6 heteroatoms. The van der Waals surface area contributed by atoms with Crippen LogP contribution < -0.4 is 0 Å². The second kappa shape index (κ2) is 7.15. The third-order valence-electron chi connectivity index (χ3n) is 5.87. The SMILES string of the molecule is CC(=O)N(Cc1ccsc1)C1CC12CCN(Cc1cc(C#N)cs1)CC2. The van der Waals surface area contributed by atoms with Crippen molar-refractivity contribution < 1.29 is 4.79 Å². The minimum Gasteiger partial charge on any atom is -0.335 e. The van der Waals surface area contributed by atoms with Gasteiger partial charge >= 0.3 is 0 Å². The maximum Gasteiger partial charge on any atom is 0.220 e. The Morgan fingerprint density at radius 3 is 2.85 bits per heavy atom. The molecule has 0 bridgehead atoms. The number of amides is 1. The fraction of sp³-hybridized carbons (Fsp3) is 0.500. The molecule has 2 fully saturated rings. The van der Waals surface area contributed by atoms with Gasteiger partial charge in [-0.05, 0) is 66.2 Å². The standard InChI is InChI=1S/C20H23N3OS2/c1-15(24)23(11-16-2-7-25-13-16)19-9-20(19)3-5-22(6-4-20)12-18-8-17(10-21)14-26-18/h2,7-8,13-14,19H,3-6,9,11-12H2,1H3. The Morgan fingerprint density at radius 2 is 2.23 bits per heavy atom. The van der Waals surface area contributed by atoms with Crippen molar-refractivity contribution in [2.45, 2.75) is 45.3 Å². The molecule has 1 saturated heterocycles. The lowest BCUT2D eigenvalue weighted by atomic mass is 9.92. The van der Waals surface area contributed by atoms with Gasteiger partial charge in [-0.15, -0.1) is 11.3 Å². The lowest BCUT2D eigenvalue weighted by Crippen LogP contribution is -2.39. The van der Waals surface area contributed by atoms with Gasteiger partial charge in [0.2, 0.25) is 5.91 Å². The van der Waals surface area contributed by atoms with Gasteiger partial charge in [-0.2, -0.15) is 16.6 Å². The van der Waals surface area contributed by atoms with E-state index in [-0.39, 0.29) is 5.91 Å². The highest BCUT2D eigenvalue weighted by molar-refractivity contribution is 7.10. The molecule has 26 heavy (non-hydrogen) atoms. The van der Waals surface area contributed by atoms with Gasteiger partial charge in [-0.3, -0.25) is 9.69 Å². The summed E-state index contributed by atoms with van der Waals surface area (Å²) >= 11 is 3.37. The molecule has 1 unspecified atom stereocenters. The molecule has 1 spiro atoms. The summed E-state index contributed by atoms with van der Waals surface area (Å²) < 4.78 is 0. The predicted octanol–water partition coefficient (Wildman–Crippen LogP) is 4.08. The molecule has 3 heterocycles. The van der Waals surface area contributed by atoms with Crippen molar-refractivity contribution in [1.82, 2.24) is 9.80 Å². The molecule has 1 aliphatic carbocycles. The molecule has 4 nitrogen and oxygen atoms in total. The molecule has 0 aromatic carbocycles. The van der Waals surface area contributed by atoms with Crippen LogP contribution in [-0.2, 0) is 17.9 Å². The van der Waals surface area contributed by atoms with Crippen LogP contribution in [0.3, 0.4) is 0 Å². The van der Waals surface area contributed by atoms with E-state index in [9.17, 15) is 4.79 Å². The number of hydrogen-bond acceptors (Lipinski definition) is 5. The first-order valence-electron chi connectivity index (χ1n) is 9.08. The topological polar surface area (TPSA) is 47.3 Å². The molecular formula is C20H23N3OS2. The molecule has 1 saturated carbocycles. The Balaban J connectivity index is 1.34. The van der Waals surface area contributed by atoms with Gasteiger partial charge in [-0.25, -0.2) is 0 Å². The summed E-state index contributed by atoms with van der Waals surface area (Å²) in [4.78, 5) is 18.1. The fourth-order valence-electron chi connectivity index (χ4n) is 4.22. The smallest absolute Gasteiger partial charge is 0.220 e. The zero-order valence-corrected chi connectivity index (χ0v) is 16.6. The van der Waals surface area contributed by atoms with Gasteiger partial charge in [0.1, 0.15) is 6.07 Å². The highest BCUT2D eigenvalue weighted by Crippen LogP contribution is 2.57. The van der Waals surface area contributed by atoms with Crippen molar-refractivity contribution in [3.8, 4) is 6.07 Å². The lowest BCUT2D eigenvalue weighted by Gasteiger charge is -2.34. The van der Waals surface area contributed by atoms with Gasteiger partial charge < -0.3 is 4.90 Å². The summed E-state index contributed by atoms with van der Waals surface area (Å²) in [6.45, 7) is 5.57. The van der Waals surface area contributed by atoms with Gasteiger partial charge in [0.05, 0.1) is 5.56 Å². The Kier molecular flexibility index (Phi) is 4.87. The van der Waals surface area contributed by atoms with Crippen LogP contribution in [0.4, 0.5) is 0 Å². The molecule has 4 rings (SSSR count). The molecule has 136 valence electrons. The quantitative estimate of drug-likeness (QED) is 0.779. The summed E-state index contributed by atoms with van der Waals surface area (Å²) in [6, 6.07) is 6.75. The van der Waals surface area contributed by atoms with Crippen molar-refractivity contribution in [3.63, 3.8) is 0 Å². The first-order valence-corrected chi connectivity index (χ1v) is 10.9. The van der Waals surface area contributed by atoms with E-state index in [4.69, 9.17) is 5.26 Å². The van der Waals surface area contributed by atoms with Gasteiger partial charge in [0.15, 0.2) is 0 Å². The highest BCUT2D eigenvalue weighted by atomic mass is 32.1. The summed E-state index contributed by atoms with van der Waals surface area (Å²) in [5, 5.41) is 15.1. The zero-order chi connectivity index (χ0) is 18.1. The van der Waals surface area contributed by atoms with Gasteiger partial charge in [-0.1, -0.05) is 0 Å². The number of rotatable bonds is 5. The van der Waals surface area contributed by atoms with E-state index in [0.29, 0.717) is 11.5 Å². The lowest BCUT2D eigenvalue weighted by molar-refractivity contribution is -0.130. The average Bonchev–Trinajstić information content (AvgIpc) is 3.01. The maximum atomic E-state index is 12.2. The van der Waals surface area contributed by atoms with E-state index in [0.717, 1.165) is 38.2 Å². The number of nitriles is 1. The number of carbonyl (C=O) groups excluding carboxylic acids is 1. The average molecular weight is 386 g/mol. The van der Waals surface area contributed by atoms with Crippen molar-refractivity contribution in [2.75, 3.05) is 13.1 Å². The Morgan fingerprint density at radius 1 is 1.42 bits per heavy atom. The zero-order valence-electron chi connectivity index (χ0n) is 15.0. The minimum absolute atomic E-state index is 0.197. The molecule has 2 aromatic heterocycles.